The average Bonchev–Trinajstić information content (AvgIpc) is 3.10. The van der Waals surface area contributed by atoms with Crippen LogP contribution in [0.4, 0.5) is 11.4 Å². The molecule has 0 aliphatic carbocycles. The van der Waals surface area contributed by atoms with Gasteiger partial charge in [0, 0.05) is 49.0 Å². The molecule has 0 spiro atoms. The molecule has 7 heteroatoms. The molecule has 1 unspecified atom stereocenters. The molecule has 1 amide bonds. The first-order valence-electron chi connectivity index (χ1n) is 10.9. The van der Waals surface area contributed by atoms with E-state index in [2.05, 4.69) is 58.6 Å². The zero-order valence-electron chi connectivity index (χ0n) is 18.4. The predicted molar refractivity (Wildman–Crippen MR) is 130 cm³/mol. The number of nitrogen functional groups attached to an aromatic ring is 1. The molecule has 3 heterocycles. The Morgan fingerprint density at radius 3 is 2.81 bits per heavy atom. The number of aromatic nitrogens is 1. The maximum atomic E-state index is 12.6. The molecular weight excluding hydrogens is 406 g/mol. The summed E-state index contributed by atoms with van der Waals surface area (Å²) < 4.78 is 0. The van der Waals surface area contributed by atoms with Crippen LogP contribution >= 0.6 is 11.3 Å². The Kier molecular flexibility index (Phi) is 6.43. The van der Waals surface area contributed by atoms with Crippen LogP contribution in [0.25, 0.3) is 10.2 Å². The highest BCUT2D eigenvalue weighted by atomic mass is 32.1. The number of nitrogens with one attached hydrogen (secondary N) is 2. The van der Waals surface area contributed by atoms with Gasteiger partial charge in [0.15, 0.2) is 0 Å². The number of pyridine rings is 1. The number of hydrogen-bond acceptors (Lipinski definition) is 6. The van der Waals surface area contributed by atoms with E-state index in [0.717, 1.165) is 42.0 Å². The molecule has 2 aromatic heterocycles. The van der Waals surface area contributed by atoms with E-state index < -0.39 is 0 Å². The van der Waals surface area contributed by atoms with Crippen LogP contribution in [0.5, 0.6) is 0 Å². The van der Waals surface area contributed by atoms with Gasteiger partial charge in [-0.05, 0) is 49.1 Å². The molecule has 0 radical (unpaired) electrons. The lowest BCUT2D eigenvalue weighted by atomic mass is 10.0. The number of nitrogens with two attached hydrogens (primary N) is 1. The standard InChI is InChI=1S/C24H31N5OS/c1-15(2)20-14-29(13-12-26-20)18-7-5-17(6-8-18)10-11-27-23(30)22-21(25)19-9-4-16(3)28-24(19)31-22/h4-9,15,20,26H,10-14,25H2,1-3H3,(H,27,30). The fraction of sp³-hybridized carbons (Fsp3) is 0.417. The number of benzene rings is 1. The Labute approximate surface area is 187 Å². The smallest absolute Gasteiger partial charge is 0.263 e. The summed E-state index contributed by atoms with van der Waals surface area (Å²) in [7, 11) is 0. The first-order valence-corrected chi connectivity index (χ1v) is 11.7. The fourth-order valence-corrected chi connectivity index (χ4v) is 5.05. The lowest BCUT2D eigenvalue weighted by Gasteiger charge is -2.37. The van der Waals surface area contributed by atoms with Crippen molar-refractivity contribution < 1.29 is 4.79 Å². The largest absolute Gasteiger partial charge is 0.397 e. The number of hydrogen-bond donors (Lipinski definition) is 3. The molecule has 3 aromatic rings. The van der Waals surface area contributed by atoms with Crippen molar-refractivity contribution >= 4 is 38.8 Å². The third-order valence-electron chi connectivity index (χ3n) is 5.95. The van der Waals surface area contributed by atoms with Crippen LogP contribution in [0.2, 0.25) is 0 Å². The summed E-state index contributed by atoms with van der Waals surface area (Å²) >= 11 is 1.35. The molecule has 1 aliphatic heterocycles. The van der Waals surface area contributed by atoms with Gasteiger partial charge in [-0.3, -0.25) is 4.79 Å². The van der Waals surface area contributed by atoms with E-state index in [1.165, 1.54) is 22.6 Å². The van der Waals surface area contributed by atoms with Crippen molar-refractivity contribution in [3.8, 4) is 0 Å². The maximum Gasteiger partial charge on any atom is 0.263 e. The summed E-state index contributed by atoms with van der Waals surface area (Å²) in [5, 5.41) is 7.46. The molecule has 0 bridgehead atoms. The Hall–Kier alpha value is -2.64. The second kappa shape index (κ2) is 9.24. The molecule has 164 valence electrons. The number of rotatable bonds is 6. The van der Waals surface area contributed by atoms with Crippen molar-refractivity contribution in [1.82, 2.24) is 15.6 Å². The Morgan fingerprint density at radius 1 is 1.29 bits per heavy atom. The minimum atomic E-state index is -0.129. The Morgan fingerprint density at radius 2 is 2.06 bits per heavy atom. The van der Waals surface area contributed by atoms with Crippen molar-refractivity contribution in [1.29, 1.82) is 0 Å². The van der Waals surface area contributed by atoms with Gasteiger partial charge in [-0.2, -0.15) is 0 Å². The summed E-state index contributed by atoms with van der Waals surface area (Å²) in [5.74, 6) is 0.496. The highest BCUT2D eigenvalue weighted by Gasteiger charge is 2.22. The van der Waals surface area contributed by atoms with Crippen LogP contribution in [-0.4, -0.2) is 43.1 Å². The Bertz CT molecular complexity index is 1060. The highest BCUT2D eigenvalue weighted by Crippen LogP contribution is 2.32. The normalized spacial score (nSPS) is 16.8. The van der Waals surface area contributed by atoms with Crippen LogP contribution in [0.3, 0.4) is 0 Å². The minimum absolute atomic E-state index is 0.129. The van der Waals surface area contributed by atoms with E-state index in [-0.39, 0.29) is 5.91 Å². The lowest BCUT2D eigenvalue weighted by Crippen LogP contribution is -2.52. The molecule has 1 fully saturated rings. The van der Waals surface area contributed by atoms with Gasteiger partial charge in [-0.1, -0.05) is 26.0 Å². The van der Waals surface area contributed by atoms with Gasteiger partial charge < -0.3 is 21.3 Å². The van der Waals surface area contributed by atoms with Crippen molar-refractivity contribution in [2.75, 3.05) is 36.8 Å². The average molecular weight is 438 g/mol. The van der Waals surface area contributed by atoms with Gasteiger partial charge in [0.25, 0.3) is 5.91 Å². The second-order valence-electron chi connectivity index (χ2n) is 8.57. The number of thiophene rings is 1. The Balaban J connectivity index is 1.33. The zero-order valence-corrected chi connectivity index (χ0v) is 19.3. The van der Waals surface area contributed by atoms with Crippen molar-refractivity contribution in [3.63, 3.8) is 0 Å². The summed E-state index contributed by atoms with van der Waals surface area (Å²) in [4.78, 5) is 20.9. The third kappa shape index (κ3) is 4.83. The van der Waals surface area contributed by atoms with Crippen LogP contribution in [-0.2, 0) is 6.42 Å². The second-order valence-corrected chi connectivity index (χ2v) is 9.57. The lowest BCUT2D eigenvalue weighted by molar-refractivity contribution is 0.0959. The van der Waals surface area contributed by atoms with E-state index in [1.54, 1.807) is 0 Å². The summed E-state index contributed by atoms with van der Waals surface area (Å²) in [5.41, 5.74) is 10.1. The van der Waals surface area contributed by atoms with Gasteiger partial charge in [0.2, 0.25) is 0 Å². The number of carbonyl (C=O) groups is 1. The van der Waals surface area contributed by atoms with Crippen molar-refractivity contribution in [2.45, 2.75) is 33.2 Å². The van der Waals surface area contributed by atoms with Crippen molar-refractivity contribution in [3.05, 3.63) is 52.5 Å². The number of amides is 1. The van der Waals surface area contributed by atoms with E-state index >= 15 is 0 Å². The number of carbonyl (C=O) groups excluding carboxylic acids is 1. The summed E-state index contributed by atoms with van der Waals surface area (Å²) in [6.07, 6.45) is 0.782. The molecular formula is C24H31N5OS. The first-order chi connectivity index (χ1) is 14.9. The minimum Gasteiger partial charge on any atom is -0.397 e. The van der Waals surface area contributed by atoms with Crippen LogP contribution < -0.4 is 21.3 Å². The molecule has 4 rings (SSSR count). The topological polar surface area (TPSA) is 83.3 Å². The molecule has 31 heavy (non-hydrogen) atoms. The molecule has 1 saturated heterocycles. The molecule has 1 aromatic carbocycles. The van der Waals surface area contributed by atoms with Gasteiger partial charge >= 0.3 is 0 Å². The predicted octanol–water partition coefficient (Wildman–Crippen LogP) is 3.59. The van der Waals surface area contributed by atoms with Crippen molar-refractivity contribution in [2.24, 2.45) is 5.92 Å². The number of piperazine rings is 1. The molecule has 0 saturated carbocycles. The number of anilines is 2. The van der Waals surface area contributed by atoms with E-state index in [1.807, 2.05) is 19.1 Å². The summed E-state index contributed by atoms with van der Waals surface area (Å²) in [6, 6.07) is 13.1. The van der Waals surface area contributed by atoms with Gasteiger partial charge in [-0.25, -0.2) is 4.98 Å². The third-order valence-corrected chi connectivity index (χ3v) is 7.06. The van der Waals surface area contributed by atoms with E-state index in [9.17, 15) is 4.79 Å². The summed E-state index contributed by atoms with van der Waals surface area (Å²) in [6.45, 7) is 10.1. The monoisotopic (exact) mass is 437 g/mol. The van der Waals surface area contributed by atoms with E-state index in [0.29, 0.717) is 29.1 Å². The SMILES string of the molecule is Cc1ccc2c(N)c(C(=O)NCCc3ccc(N4CCNC(C(C)C)C4)cc3)sc2n1. The quantitative estimate of drug-likeness (QED) is 0.549. The molecule has 1 aliphatic rings. The number of nitrogens with zero attached hydrogens (tertiary/aromatic N) is 2. The van der Waals surface area contributed by atoms with Gasteiger partial charge in [-0.15, -0.1) is 11.3 Å². The fourth-order valence-electron chi connectivity index (χ4n) is 3.99. The maximum absolute atomic E-state index is 12.6. The highest BCUT2D eigenvalue weighted by molar-refractivity contribution is 7.21. The van der Waals surface area contributed by atoms with Gasteiger partial charge in [0.05, 0.1) is 5.69 Å². The number of fused-ring (bicyclic) bond motifs is 1. The molecule has 1 atom stereocenters. The van der Waals surface area contributed by atoms with Crippen LogP contribution in [0.15, 0.2) is 36.4 Å². The van der Waals surface area contributed by atoms with E-state index in [4.69, 9.17) is 5.73 Å². The molecule has 4 N–H and O–H groups in total. The first kappa shape index (κ1) is 21.6. The van der Waals surface area contributed by atoms with Crippen LogP contribution in [0.1, 0.15) is 34.8 Å². The zero-order chi connectivity index (χ0) is 22.0. The molecule has 6 nitrogen and oxygen atoms in total. The van der Waals surface area contributed by atoms with Crippen LogP contribution in [0, 0.1) is 12.8 Å². The van der Waals surface area contributed by atoms with Gasteiger partial charge in [0.1, 0.15) is 9.71 Å². The number of aryl methyl sites for hydroxylation is 1.